The zero-order chi connectivity index (χ0) is 12.8. The van der Waals surface area contributed by atoms with Crippen LogP contribution < -0.4 is 0 Å². The summed E-state index contributed by atoms with van der Waals surface area (Å²) in [5, 5.41) is -0.795. The summed E-state index contributed by atoms with van der Waals surface area (Å²) in [5.74, 6) is 0.142. The van der Waals surface area contributed by atoms with Gasteiger partial charge in [-0.15, -0.1) is 0 Å². The molecule has 0 saturated carbocycles. The van der Waals surface area contributed by atoms with E-state index in [1.807, 2.05) is 20.8 Å². The summed E-state index contributed by atoms with van der Waals surface area (Å²) in [6.45, 7) is 7.95. The van der Waals surface area contributed by atoms with Crippen LogP contribution in [0.2, 0.25) is 0 Å². The molecule has 16 heavy (non-hydrogen) atoms. The largest absolute Gasteiger partial charge is 0.331 e. The first-order chi connectivity index (χ1) is 7.39. The lowest BCUT2D eigenvalue weighted by Gasteiger charge is -2.39. The van der Waals surface area contributed by atoms with Crippen LogP contribution in [0.3, 0.4) is 0 Å². The van der Waals surface area contributed by atoms with E-state index in [-0.39, 0.29) is 5.92 Å². The van der Waals surface area contributed by atoms with E-state index in [4.69, 9.17) is 0 Å². The van der Waals surface area contributed by atoms with Crippen molar-refractivity contribution in [2.45, 2.75) is 71.4 Å². The first-order valence-electron chi connectivity index (χ1n) is 6.45. The molecule has 0 aromatic heterocycles. The summed E-state index contributed by atoms with van der Waals surface area (Å²) in [4.78, 5) is 19.3. The van der Waals surface area contributed by atoms with Gasteiger partial charge in [-0.05, 0) is 25.2 Å². The fourth-order valence-corrected chi connectivity index (χ4v) is 4.39. The van der Waals surface area contributed by atoms with E-state index in [1.54, 1.807) is 0 Å². The first kappa shape index (κ1) is 16.1. The van der Waals surface area contributed by atoms with E-state index < -0.39 is 12.8 Å². The van der Waals surface area contributed by atoms with Gasteiger partial charge in [0.25, 0.3) is 0 Å². The predicted octanol–water partition coefficient (Wildman–Crippen LogP) is 3.94. The normalized spacial score (nSPS) is 15.1. The third-order valence-electron chi connectivity index (χ3n) is 3.96. The Balaban J connectivity index is 5.05. The smallest absolute Gasteiger partial charge is 0.324 e. The molecule has 1 atom stereocenters. The van der Waals surface area contributed by atoms with E-state index in [0.717, 1.165) is 25.7 Å². The highest BCUT2D eigenvalue weighted by atomic mass is 31.2. The Labute approximate surface area is 99.8 Å². The maximum absolute atomic E-state index is 11.8. The van der Waals surface area contributed by atoms with E-state index in [0.29, 0.717) is 12.8 Å². The minimum atomic E-state index is -4.02. The monoisotopic (exact) mass is 250 g/mol. The summed E-state index contributed by atoms with van der Waals surface area (Å²) in [6, 6.07) is 0. The van der Waals surface area contributed by atoms with Crippen molar-refractivity contribution in [1.29, 1.82) is 0 Å². The molecule has 0 spiro atoms. The molecule has 1 unspecified atom stereocenters. The van der Waals surface area contributed by atoms with Crippen molar-refractivity contribution in [3.63, 3.8) is 0 Å². The van der Waals surface area contributed by atoms with Crippen LogP contribution in [0.1, 0.15) is 66.2 Å². The highest BCUT2D eigenvalue weighted by Crippen LogP contribution is 2.60. The summed E-state index contributed by atoms with van der Waals surface area (Å²) < 4.78 is 11.8. The van der Waals surface area contributed by atoms with Gasteiger partial charge >= 0.3 is 7.60 Å². The maximum Gasteiger partial charge on any atom is 0.331 e. The second-order valence-corrected chi connectivity index (χ2v) is 6.58. The van der Waals surface area contributed by atoms with Crippen molar-refractivity contribution in [3.8, 4) is 0 Å². The Bertz CT molecular complexity index is 230. The maximum atomic E-state index is 11.8. The van der Waals surface area contributed by atoms with Gasteiger partial charge in [-0.1, -0.05) is 47.0 Å². The zero-order valence-electron chi connectivity index (χ0n) is 11.1. The molecule has 0 aliphatic rings. The Kier molecular flexibility index (Phi) is 6.84. The predicted molar refractivity (Wildman–Crippen MR) is 68.7 cm³/mol. The van der Waals surface area contributed by atoms with Crippen molar-refractivity contribution in [1.82, 2.24) is 0 Å². The summed E-state index contributed by atoms with van der Waals surface area (Å²) in [7, 11) is -4.02. The Morgan fingerprint density at radius 3 is 1.88 bits per heavy atom. The summed E-state index contributed by atoms with van der Waals surface area (Å²) in [6.07, 6.45) is 5.06. The van der Waals surface area contributed by atoms with E-state index >= 15 is 0 Å². The van der Waals surface area contributed by atoms with Crippen LogP contribution in [0, 0.1) is 5.92 Å². The van der Waals surface area contributed by atoms with Crippen LogP contribution >= 0.6 is 7.60 Å². The Morgan fingerprint density at radius 2 is 1.62 bits per heavy atom. The van der Waals surface area contributed by atoms with Crippen molar-refractivity contribution < 1.29 is 14.4 Å². The molecule has 0 amide bonds. The van der Waals surface area contributed by atoms with Crippen molar-refractivity contribution in [2.24, 2.45) is 5.92 Å². The second kappa shape index (κ2) is 6.78. The summed E-state index contributed by atoms with van der Waals surface area (Å²) in [5.41, 5.74) is 0. The number of hydrogen-bond acceptors (Lipinski definition) is 1. The van der Waals surface area contributed by atoms with Gasteiger partial charge in [-0.2, -0.15) is 0 Å². The second-order valence-electron chi connectivity index (χ2n) is 4.60. The highest BCUT2D eigenvalue weighted by molar-refractivity contribution is 7.53. The lowest BCUT2D eigenvalue weighted by molar-refractivity contribution is 0.236. The number of hydrogen-bond donors (Lipinski definition) is 2. The van der Waals surface area contributed by atoms with Crippen molar-refractivity contribution >= 4 is 7.60 Å². The average Bonchev–Trinajstić information content (AvgIpc) is 2.22. The molecule has 3 nitrogen and oxygen atoms in total. The van der Waals surface area contributed by atoms with Gasteiger partial charge in [0.15, 0.2) is 0 Å². The van der Waals surface area contributed by atoms with E-state index in [1.165, 1.54) is 0 Å². The first-order valence-corrected chi connectivity index (χ1v) is 8.06. The lowest BCUT2D eigenvalue weighted by Crippen LogP contribution is -2.36. The topological polar surface area (TPSA) is 57.5 Å². The standard InChI is InChI=1S/C12H27O3P/c1-5-9-10-11(6-2)12(7-3,8-4)16(13,14)15/h11H,5-10H2,1-4H3,(H2,13,14,15). The van der Waals surface area contributed by atoms with E-state index in [9.17, 15) is 14.4 Å². The molecule has 2 N–H and O–H groups in total. The zero-order valence-corrected chi connectivity index (χ0v) is 12.0. The van der Waals surface area contributed by atoms with Crippen LogP contribution in [0.25, 0.3) is 0 Å². The minimum absolute atomic E-state index is 0.142. The third-order valence-corrected chi connectivity index (χ3v) is 6.12. The van der Waals surface area contributed by atoms with Gasteiger partial charge in [0, 0.05) is 0 Å². The molecular weight excluding hydrogens is 223 g/mol. The summed E-state index contributed by atoms with van der Waals surface area (Å²) >= 11 is 0. The average molecular weight is 250 g/mol. The third kappa shape index (κ3) is 3.32. The van der Waals surface area contributed by atoms with Gasteiger partial charge in [-0.3, -0.25) is 4.57 Å². The van der Waals surface area contributed by atoms with Crippen molar-refractivity contribution in [2.75, 3.05) is 0 Å². The van der Waals surface area contributed by atoms with Gasteiger partial charge in [-0.25, -0.2) is 0 Å². The minimum Gasteiger partial charge on any atom is -0.324 e. The Morgan fingerprint density at radius 1 is 1.12 bits per heavy atom. The van der Waals surface area contributed by atoms with Crippen LogP contribution in [0.5, 0.6) is 0 Å². The van der Waals surface area contributed by atoms with Crippen LogP contribution in [-0.4, -0.2) is 14.9 Å². The quantitative estimate of drug-likeness (QED) is 0.641. The molecule has 4 heteroatoms. The van der Waals surface area contributed by atoms with Crippen LogP contribution in [-0.2, 0) is 4.57 Å². The fourth-order valence-electron chi connectivity index (χ4n) is 2.78. The van der Waals surface area contributed by atoms with Gasteiger partial charge < -0.3 is 9.79 Å². The van der Waals surface area contributed by atoms with Gasteiger partial charge in [0.1, 0.15) is 0 Å². The molecule has 0 aromatic rings. The molecule has 0 saturated heterocycles. The van der Waals surface area contributed by atoms with Crippen LogP contribution in [0.15, 0.2) is 0 Å². The molecule has 0 fully saturated rings. The molecule has 0 aliphatic carbocycles. The van der Waals surface area contributed by atoms with Crippen LogP contribution in [0.4, 0.5) is 0 Å². The molecule has 0 radical (unpaired) electrons. The number of rotatable bonds is 8. The van der Waals surface area contributed by atoms with Crippen molar-refractivity contribution in [3.05, 3.63) is 0 Å². The SMILES string of the molecule is CCCCC(CC)C(CC)(CC)P(=O)(O)O. The Hall–Kier alpha value is 0.150. The lowest BCUT2D eigenvalue weighted by atomic mass is 9.81. The van der Waals surface area contributed by atoms with Gasteiger partial charge in [0.05, 0.1) is 5.16 Å². The number of unbranched alkanes of at least 4 members (excludes halogenated alkanes) is 1. The van der Waals surface area contributed by atoms with E-state index in [2.05, 4.69) is 6.92 Å². The molecule has 0 bridgehead atoms. The molecule has 98 valence electrons. The molecular formula is C12H27O3P. The van der Waals surface area contributed by atoms with Gasteiger partial charge in [0.2, 0.25) is 0 Å². The molecule has 0 heterocycles. The fraction of sp³-hybridized carbons (Fsp3) is 1.00. The molecule has 0 rings (SSSR count). The molecule has 0 aliphatic heterocycles. The molecule has 0 aromatic carbocycles. The highest BCUT2D eigenvalue weighted by Gasteiger charge is 2.48.